The number of amides is 2. The zero-order valence-electron chi connectivity index (χ0n) is 19.8. The average molecular weight is 480 g/mol. The van der Waals surface area contributed by atoms with Gasteiger partial charge in [-0.05, 0) is 62.4 Å². The predicted molar refractivity (Wildman–Crippen MR) is 133 cm³/mol. The quantitative estimate of drug-likeness (QED) is 0.517. The van der Waals surface area contributed by atoms with E-state index in [9.17, 15) is 14.0 Å². The van der Waals surface area contributed by atoms with E-state index in [-0.39, 0.29) is 29.5 Å². The normalized spacial score (nSPS) is 15.2. The van der Waals surface area contributed by atoms with Crippen molar-refractivity contribution in [3.8, 4) is 10.6 Å². The molecule has 3 aromatic rings. The highest BCUT2D eigenvalue weighted by Gasteiger charge is 2.31. The van der Waals surface area contributed by atoms with Crippen LogP contribution in [0.25, 0.3) is 10.6 Å². The number of rotatable bonds is 6. The number of halogens is 1. The topological polar surface area (TPSA) is 62.3 Å². The summed E-state index contributed by atoms with van der Waals surface area (Å²) in [6.45, 7) is 7.65. The number of hydrogen-bond acceptors (Lipinski definition) is 4. The summed E-state index contributed by atoms with van der Waals surface area (Å²) >= 11 is 1.35. The SMILES string of the molecule is Cc1cccc(CNC(=O)[C@H](C)C2CCN(C(=O)c3sc(-c4ccc(F)cc4)nc3C)CC2)c1. The third-order valence-corrected chi connectivity index (χ3v) is 7.77. The molecule has 2 amide bonds. The molecule has 0 bridgehead atoms. The Morgan fingerprint density at radius 3 is 2.53 bits per heavy atom. The Morgan fingerprint density at radius 2 is 1.85 bits per heavy atom. The van der Waals surface area contributed by atoms with Crippen LogP contribution in [0, 0.1) is 31.5 Å². The molecule has 1 fully saturated rings. The van der Waals surface area contributed by atoms with Gasteiger partial charge in [0.2, 0.25) is 5.91 Å². The maximum atomic E-state index is 13.2. The molecule has 1 aromatic heterocycles. The number of likely N-dealkylation sites (tertiary alicyclic amines) is 1. The second kappa shape index (κ2) is 10.5. The predicted octanol–water partition coefficient (Wildman–Crippen LogP) is 5.37. The Morgan fingerprint density at radius 1 is 1.15 bits per heavy atom. The summed E-state index contributed by atoms with van der Waals surface area (Å²) in [5.41, 5.74) is 3.77. The number of carbonyl (C=O) groups excluding carboxylic acids is 2. The molecule has 34 heavy (non-hydrogen) atoms. The number of carbonyl (C=O) groups is 2. The number of nitrogens with one attached hydrogen (secondary N) is 1. The van der Waals surface area contributed by atoms with Crippen LogP contribution < -0.4 is 5.32 Å². The molecule has 0 saturated carbocycles. The van der Waals surface area contributed by atoms with Crippen molar-refractivity contribution in [1.82, 2.24) is 15.2 Å². The molecule has 1 N–H and O–H groups in total. The molecule has 1 aliphatic rings. The van der Waals surface area contributed by atoms with Crippen molar-refractivity contribution < 1.29 is 14.0 Å². The molecular weight excluding hydrogens is 449 g/mol. The summed E-state index contributed by atoms with van der Waals surface area (Å²) in [5, 5.41) is 3.78. The first-order chi connectivity index (χ1) is 16.3. The van der Waals surface area contributed by atoms with Crippen molar-refractivity contribution in [3.63, 3.8) is 0 Å². The fourth-order valence-corrected chi connectivity index (χ4v) is 5.48. The number of aryl methyl sites for hydroxylation is 2. The molecule has 0 aliphatic carbocycles. The third-order valence-electron chi connectivity index (χ3n) is 6.58. The van der Waals surface area contributed by atoms with E-state index < -0.39 is 0 Å². The summed E-state index contributed by atoms with van der Waals surface area (Å²) in [6, 6.07) is 14.3. The summed E-state index contributed by atoms with van der Waals surface area (Å²) in [5.74, 6) is -0.0997. The van der Waals surface area contributed by atoms with Crippen LogP contribution in [-0.2, 0) is 11.3 Å². The number of aromatic nitrogens is 1. The van der Waals surface area contributed by atoms with Gasteiger partial charge in [-0.3, -0.25) is 9.59 Å². The van der Waals surface area contributed by atoms with Crippen molar-refractivity contribution in [2.45, 2.75) is 40.2 Å². The van der Waals surface area contributed by atoms with Crippen LogP contribution >= 0.6 is 11.3 Å². The highest BCUT2D eigenvalue weighted by molar-refractivity contribution is 7.17. The summed E-state index contributed by atoms with van der Waals surface area (Å²) in [6.07, 6.45) is 1.60. The van der Waals surface area contributed by atoms with Crippen LogP contribution in [0.4, 0.5) is 4.39 Å². The first-order valence-electron chi connectivity index (χ1n) is 11.7. The molecule has 2 heterocycles. The Balaban J connectivity index is 1.32. The minimum Gasteiger partial charge on any atom is -0.352 e. The molecule has 1 aliphatic heterocycles. The first-order valence-corrected chi connectivity index (χ1v) is 12.5. The number of nitrogens with zero attached hydrogens (tertiary/aromatic N) is 2. The van der Waals surface area contributed by atoms with Crippen molar-refractivity contribution in [3.05, 3.63) is 76.0 Å². The van der Waals surface area contributed by atoms with Gasteiger partial charge < -0.3 is 10.2 Å². The van der Waals surface area contributed by atoms with Crippen molar-refractivity contribution >= 4 is 23.2 Å². The van der Waals surface area contributed by atoms with Gasteiger partial charge in [0, 0.05) is 31.1 Å². The molecule has 5 nitrogen and oxygen atoms in total. The second-order valence-electron chi connectivity index (χ2n) is 9.07. The van der Waals surface area contributed by atoms with Gasteiger partial charge in [-0.1, -0.05) is 36.8 Å². The number of benzene rings is 2. The monoisotopic (exact) mass is 479 g/mol. The van der Waals surface area contributed by atoms with Crippen LogP contribution in [-0.4, -0.2) is 34.8 Å². The molecule has 0 radical (unpaired) electrons. The van der Waals surface area contributed by atoms with Gasteiger partial charge >= 0.3 is 0 Å². The Bertz CT molecular complexity index is 1170. The van der Waals surface area contributed by atoms with Gasteiger partial charge in [0.15, 0.2) is 0 Å². The number of piperidine rings is 1. The van der Waals surface area contributed by atoms with Gasteiger partial charge in [-0.15, -0.1) is 11.3 Å². The summed E-state index contributed by atoms with van der Waals surface area (Å²) < 4.78 is 13.2. The molecule has 4 rings (SSSR count). The summed E-state index contributed by atoms with van der Waals surface area (Å²) in [7, 11) is 0. The number of hydrogen-bond donors (Lipinski definition) is 1. The first kappa shape index (κ1) is 24.1. The van der Waals surface area contributed by atoms with Gasteiger partial charge in [-0.2, -0.15) is 0 Å². The fourth-order valence-electron chi connectivity index (χ4n) is 4.44. The van der Waals surface area contributed by atoms with E-state index in [0.717, 1.165) is 29.0 Å². The lowest BCUT2D eigenvalue weighted by molar-refractivity contribution is -0.126. The van der Waals surface area contributed by atoms with Crippen LogP contribution in [0.1, 0.15) is 46.3 Å². The molecule has 1 saturated heterocycles. The smallest absolute Gasteiger partial charge is 0.265 e. The van der Waals surface area contributed by atoms with Crippen molar-refractivity contribution in [1.29, 1.82) is 0 Å². The van der Waals surface area contributed by atoms with Crippen molar-refractivity contribution in [2.75, 3.05) is 13.1 Å². The maximum Gasteiger partial charge on any atom is 0.265 e. The van der Waals surface area contributed by atoms with E-state index in [1.807, 2.05) is 43.9 Å². The van der Waals surface area contributed by atoms with E-state index in [4.69, 9.17) is 0 Å². The van der Waals surface area contributed by atoms with Crippen LogP contribution in [0.5, 0.6) is 0 Å². The minimum absolute atomic E-state index is 0.0154. The van der Waals surface area contributed by atoms with Crippen molar-refractivity contribution in [2.24, 2.45) is 11.8 Å². The lowest BCUT2D eigenvalue weighted by atomic mass is 9.84. The van der Waals surface area contributed by atoms with E-state index in [2.05, 4.69) is 16.4 Å². The molecule has 1 atom stereocenters. The largest absolute Gasteiger partial charge is 0.352 e. The van der Waals surface area contributed by atoms with Crippen LogP contribution in [0.3, 0.4) is 0 Å². The van der Waals surface area contributed by atoms with Gasteiger partial charge in [0.1, 0.15) is 15.7 Å². The Labute approximate surface area is 204 Å². The molecule has 7 heteroatoms. The lowest BCUT2D eigenvalue weighted by Crippen LogP contribution is -2.42. The van der Waals surface area contributed by atoms with Gasteiger partial charge in [0.05, 0.1) is 5.69 Å². The Kier molecular flexibility index (Phi) is 7.41. The van der Waals surface area contributed by atoms with E-state index >= 15 is 0 Å². The maximum absolute atomic E-state index is 13.2. The molecular formula is C27H30FN3O2S. The highest BCUT2D eigenvalue weighted by Crippen LogP contribution is 2.31. The molecule has 2 aromatic carbocycles. The van der Waals surface area contributed by atoms with Gasteiger partial charge in [0.25, 0.3) is 5.91 Å². The standard InChI is InChI=1S/C27H30FN3O2S/c1-17-5-4-6-20(15-17)16-29-25(32)18(2)21-11-13-31(14-12-21)27(33)24-19(3)30-26(34-24)22-7-9-23(28)10-8-22/h4-10,15,18,21H,11-14,16H2,1-3H3,(H,29,32)/t18-/m1/s1. The summed E-state index contributed by atoms with van der Waals surface area (Å²) in [4.78, 5) is 32.9. The van der Waals surface area contributed by atoms with E-state index in [1.165, 1.54) is 29.0 Å². The van der Waals surface area contributed by atoms with E-state index in [1.54, 1.807) is 12.1 Å². The fraction of sp³-hybridized carbons (Fsp3) is 0.370. The molecule has 0 unspecified atom stereocenters. The third kappa shape index (κ3) is 5.53. The zero-order valence-corrected chi connectivity index (χ0v) is 20.6. The van der Waals surface area contributed by atoms with E-state index in [0.29, 0.717) is 30.2 Å². The molecule has 0 spiro atoms. The van der Waals surface area contributed by atoms with Crippen LogP contribution in [0.15, 0.2) is 48.5 Å². The van der Waals surface area contributed by atoms with Gasteiger partial charge in [-0.25, -0.2) is 9.37 Å². The molecule has 178 valence electrons. The Hall–Kier alpha value is -3.06. The lowest BCUT2D eigenvalue weighted by Gasteiger charge is -2.34. The average Bonchev–Trinajstić information content (AvgIpc) is 3.23. The number of thiazole rings is 1. The zero-order chi connectivity index (χ0) is 24.2. The minimum atomic E-state index is -0.297. The van der Waals surface area contributed by atoms with Crippen LogP contribution in [0.2, 0.25) is 0 Å². The second-order valence-corrected chi connectivity index (χ2v) is 10.1. The highest BCUT2D eigenvalue weighted by atomic mass is 32.1.